The minimum atomic E-state index is -0.0985. The van der Waals surface area contributed by atoms with Gasteiger partial charge in [-0.25, -0.2) is 0 Å². The summed E-state index contributed by atoms with van der Waals surface area (Å²) < 4.78 is 1.90. The van der Waals surface area contributed by atoms with Gasteiger partial charge in [-0.1, -0.05) is 23.8 Å². The smallest absolute Gasteiger partial charge is 0.0647 e. The Kier molecular flexibility index (Phi) is 3.26. The van der Waals surface area contributed by atoms with E-state index < -0.39 is 0 Å². The zero-order valence-corrected chi connectivity index (χ0v) is 11.8. The Morgan fingerprint density at radius 1 is 1.17 bits per heavy atom. The van der Waals surface area contributed by atoms with Gasteiger partial charge in [0.05, 0.1) is 11.7 Å². The lowest BCUT2D eigenvalue weighted by Crippen LogP contribution is -2.15. The zero-order chi connectivity index (χ0) is 13.4. The highest BCUT2D eigenvalue weighted by Crippen LogP contribution is 2.27. The van der Waals surface area contributed by atoms with Crippen LogP contribution in [-0.2, 0) is 7.05 Å². The van der Waals surface area contributed by atoms with E-state index in [0.717, 1.165) is 17.0 Å². The largest absolute Gasteiger partial charge is 0.320 e. The molecule has 0 aliphatic heterocycles. The molecule has 1 aromatic carbocycles. The van der Waals surface area contributed by atoms with Gasteiger partial charge in [0.2, 0.25) is 0 Å². The van der Waals surface area contributed by atoms with Gasteiger partial charge in [0.15, 0.2) is 0 Å². The van der Waals surface area contributed by atoms with Crippen LogP contribution in [0, 0.1) is 27.7 Å². The van der Waals surface area contributed by atoms with Crippen molar-refractivity contribution in [3.63, 3.8) is 0 Å². The van der Waals surface area contributed by atoms with E-state index in [1.165, 1.54) is 16.7 Å². The topological polar surface area (TPSA) is 43.8 Å². The second kappa shape index (κ2) is 4.58. The Morgan fingerprint density at radius 3 is 2.39 bits per heavy atom. The highest BCUT2D eigenvalue weighted by atomic mass is 15.3. The van der Waals surface area contributed by atoms with Crippen LogP contribution in [0.3, 0.4) is 0 Å². The summed E-state index contributed by atoms with van der Waals surface area (Å²) in [5.74, 6) is 0. The van der Waals surface area contributed by atoms with E-state index >= 15 is 0 Å². The number of rotatable bonds is 2. The van der Waals surface area contributed by atoms with Crippen molar-refractivity contribution in [2.24, 2.45) is 12.8 Å². The van der Waals surface area contributed by atoms with E-state index in [1.54, 1.807) is 0 Å². The molecular weight excluding hydrogens is 222 g/mol. The highest BCUT2D eigenvalue weighted by molar-refractivity contribution is 5.41. The molecular formula is C15H21N3. The van der Waals surface area contributed by atoms with E-state index in [9.17, 15) is 0 Å². The number of aromatic nitrogens is 2. The third-order valence-corrected chi connectivity index (χ3v) is 3.65. The third-order valence-electron chi connectivity index (χ3n) is 3.65. The van der Waals surface area contributed by atoms with Crippen molar-refractivity contribution in [3.05, 3.63) is 51.8 Å². The molecule has 0 saturated carbocycles. The molecule has 3 nitrogen and oxygen atoms in total. The number of nitrogens with two attached hydrogens (primary N) is 1. The SMILES string of the molecule is Cc1ccc(C)c(C(N)c2c(C)nn(C)c2C)c1. The fourth-order valence-corrected chi connectivity index (χ4v) is 2.49. The van der Waals surface area contributed by atoms with Crippen molar-refractivity contribution in [1.29, 1.82) is 0 Å². The predicted octanol–water partition coefficient (Wildman–Crippen LogP) is 2.70. The van der Waals surface area contributed by atoms with Crippen molar-refractivity contribution >= 4 is 0 Å². The molecule has 1 heterocycles. The van der Waals surface area contributed by atoms with Gasteiger partial charge in [-0.05, 0) is 38.8 Å². The molecule has 0 aliphatic rings. The summed E-state index contributed by atoms with van der Waals surface area (Å²) >= 11 is 0. The maximum Gasteiger partial charge on any atom is 0.0647 e. The first-order valence-corrected chi connectivity index (χ1v) is 6.24. The summed E-state index contributed by atoms with van der Waals surface area (Å²) in [6.07, 6.45) is 0. The summed E-state index contributed by atoms with van der Waals surface area (Å²) in [5, 5.41) is 4.45. The molecule has 0 amide bonds. The van der Waals surface area contributed by atoms with Gasteiger partial charge >= 0.3 is 0 Å². The Balaban J connectivity index is 2.54. The van der Waals surface area contributed by atoms with E-state index in [1.807, 2.05) is 18.7 Å². The van der Waals surface area contributed by atoms with Crippen LogP contribution in [-0.4, -0.2) is 9.78 Å². The Morgan fingerprint density at radius 2 is 1.83 bits per heavy atom. The van der Waals surface area contributed by atoms with Crippen LogP contribution in [0.25, 0.3) is 0 Å². The molecule has 2 rings (SSSR count). The average Bonchev–Trinajstić information content (AvgIpc) is 2.56. The van der Waals surface area contributed by atoms with Gasteiger partial charge in [-0.15, -0.1) is 0 Å². The Labute approximate surface area is 109 Å². The minimum absolute atomic E-state index is 0.0985. The van der Waals surface area contributed by atoms with Crippen LogP contribution >= 0.6 is 0 Å². The van der Waals surface area contributed by atoms with Crippen LogP contribution in [0.2, 0.25) is 0 Å². The van der Waals surface area contributed by atoms with Crippen LogP contribution in [0.4, 0.5) is 0 Å². The first-order chi connectivity index (χ1) is 8.41. The number of hydrogen-bond donors (Lipinski definition) is 1. The molecule has 1 unspecified atom stereocenters. The number of nitrogens with zero attached hydrogens (tertiary/aromatic N) is 2. The van der Waals surface area contributed by atoms with Crippen LogP contribution < -0.4 is 5.73 Å². The first-order valence-electron chi connectivity index (χ1n) is 6.24. The summed E-state index contributed by atoms with van der Waals surface area (Å²) in [4.78, 5) is 0. The molecule has 0 aliphatic carbocycles. The molecule has 2 aromatic rings. The predicted molar refractivity (Wildman–Crippen MR) is 74.6 cm³/mol. The summed E-state index contributed by atoms with van der Waals surface area (Å²) in [6.45, 7) is 8.29. The third kappa shape index (κ3) is 2.06. The average molecular weight is 243 g/mol. The summed E-state index contributed by atoms with van der Waals surface area (Å²) in [6, 6.07) is 6.32. The second-order valence-electron chi connectivity index (χ2n) is 5.05. The number of benzene rings is 1. The minimum Gasteiger partial charge on any atom is -0.320 e. The van der Waals surface area contributed by atoms with Crippen molar-refractivity contribution in [2.45, 2.75) is 33.7 Å². The van der Waals surface area contributed by atoms with E-state index in [2.05, 4.69) is 44.1 Å². The van der Waals surface area contributed by atoms with Gasteiger partial charge in [0.1, 0.15) is 0 Å². The van der Waals surface area contributed by atoms with Gasteiger partial charge in [-0.2, -0.15) is 5.10 Å². The van der Waals surface area contributed by atoms with Crippen LogP contribution in [0.15, 0.2) is 18.2 Å². The van der Waals surface area contributed by atoms with Gasteiger partial charge in [0, 0.05) is 18.3 Å². The molecule has 3 heteroatoms. The lowest BCUT2D eigenvalue weighted by atomic mass is 9.93. The summed E-state index contributed by atoms with van der Waals surface area (Å²) in [5.41, 5.74) is 13.4. The quantitative estimate of drug-likeness (QED) is 0.881. The molecule has 1 atom stereocenters. The molecule has 0 spiro atoms. The Hall–Kier alpha value is -1.61. The maximum absolute atomic E-state index is 6.45. The second-order valence-corrected chi connectivity index (χ2v) is 5.05. The van der Waals surface area contributed by atoms with Crippen molar-refractivity contribution in [1.82, 2.24) is 9.78 Å². The van der Waals surface area contributed by atoms with Gasteiger partial charge in [-0.3, -0.25) is 4.68 Å². The van der Waals surface area contributed by atoms with Gasteiger partial charge < -0.3 is 5.73 Å². The normalized spacial score (nSPS) is 12.8. The molecule has 0 radical (unpaired) electrons. The molecule has 2 N–H and O–H groups in total. The fourth-order valence-electron chi connectivity index (χ4n) is 2.49. The fraction of sp³-hybridized carbons (Fsp3) is 0.400. The summed E-state index contributed by atoms with van der Waals surface area (Å²) in [7, 11) is 1.96. The van der Waals surface area contributed by atoms with Crippen molar-refractivity contribution in [3.8, 4) is 0 Å². The van der Waals surface area contributed by atoms with Crippen LogP contribution in [0.5, 0.6) is 0 Å². The number of hydrogen-bond acceptors (Lipinski definition) is 2. The van der Waals surface area contributed by atoms with Crippen molar-refractivity contribution < 1.29 is 0 Å². The molecule has 0 saturated heterocycles. The van der Waals surface area contributed by atoms with Crippen molar-refractivity contribution in [2.75, 3.05) is 0 Å². The molecule has 0 bridgehead atoms. The van der Waals surface area contributed by atoms with E-state index in [4.69, 9.17) is 5.73 Å². The van der Waals surface area contributed by atoms with E-state index in [-0.39, 0.29) is 6.04 Å². The van der Waals surface area contributed by atoms with Crippen LogP contribution in [0.1, 0.15) is 39.7 Å². The standard InChI is InChI=1S/C15H21N3/c1-9-6-7-10(2)13(8-9)15(16)14-11(3)17-18(5)12(14)4/h6-8,15H,16H2,1-5H3. The Bertz CT molecular complexity index is 582. The lowest BCUT2D eigenvalue weighted by Gasteiger charge is -2.16. The molecule has 0 fully saturated rings. The molecule has 18 heavy (non-hydrogen) atoms. The zero-order valence-electron chi connectivity index (χ0n) is 11.8. The highest BCUT2D eigenvalue weighted by Gasteiger charge is 2.19. The van der Waals surface area contributed by atoms with Gasteiger partial charge in [0.25, 0.3) is 0 Å². The number of aryl methyl sites for hydroxylation is 4. The van der Waals surface area contributed by atoms with E-state index in [0.29, 0.717) is 0 Å². The molecule has 96 valence electrons. The first kappa shape index (κ1) is 12.8. The maximum atomic E-state index is 6.45. The lowest BCUT2D eigenvalue weighted by molar-refractivity contribution is 0.728. The molecule has 1 aromatic heterocycles. The monoisotopic (exact) mass is 243 g/mol.